The molecular formula is C14H21N5O3. The van der Waals surface area contributed by atoms with E-state index in [2.05, 4.69) is 21.9 Å². The molecule has 2 heterocycles. The van der Waals surface area contributed by atoms with Gasteiger partial charge in [-0.1, -0.05) is 19.8 Å². The summed E-state index contributed by atoms with van der Waals surface area (Å²) in [6.07, 6.45) is 7.15. The molecule has 0 aliphatic heterocycles. The molecule has 0 bridgehead atoms. The largest absolute Gasteiger partial charge is 0.466 e. The third-order valence-electron chi connectivity index (χ3n) is 3.05. The maximum atomic E-state index is 11.4. The fourth-order valence-electron chi connectivity index (χ4n) is 1.90. The molecule has 0 saturated heterocycles. The van der Waals surface area contributed by atoms with Crippen molar-refractivity contribution in [2.45, 2.75) is 39.0 Å². The van der Waals surface area contributed by atoms with Crippen LogP contribution in [0.2, 0.25) is 0 Å². The van der Waals surface area contributed by atoms with Crippen LogP contribution in [0.15, 0.2) is 12.5 Å². The number of ether oxygens (including phenoxy) is 1. The lowest BCUT2D eigenvalue weighted by Crippen LogP contribution is -2.15. The Balaban J connectivity index is 1.68. The Morgan fingerprint density at radius 2 is 2.14 bits per heavy atom. The first kappa shape index (κ1) is 16.0. The van der Waals surface area contributed by atoms with Crippen LogP contribution >= 0.6 is 0 Å². The van der Waals surface area contributed by atoms with Crippen LogP contribution in [0.3, 0.4) is 0 Å². The second-order valence-corrected chi connectivity index (χ2v) is 4.87. The quantitative estimate of drug-likeness (QED) is 0.550. The van der Waals surface area contributed by atoms with Crippen molar-refractivity contribution < 1.29 is 14.4 Å². The molecule has 0 aromatic carbocycles. The summed E-state index contributed by atoms with van der Waals surface area (Å²) in [5.74, 6) is 0.0147. The molecule has 0 atom stereocenters. The van der Waals surface area contributed by atoms with Gasteiger partial charge in [-0.2, -0.15) is 9.71 Å². The molecule has 22 heavy (non-hydrogen) atoms. The van der Waals surface area contributed by atoms with Gasteiger partial charge in [-0.25, -0.2) is 9.97 Å². The van der Waals surface area contributed by atoms with Crippen LogP contribution in [0.25, 0.3) is 11.2 Å². The van der Waals surface area contributed by atoms with Gasteiger partial charge >= 0.3 is 5.97 Å². The minimum atomic E-state index is -0.151. The zero-order valence-electron chi connectivity index (χ0n) is 12.7. The van der Waals surface area contributed by atoms with Gasteiger partial charge in [0.15, 0.2) is 0 Å². The summed E-state index contributed by atoms with van der Waals surface area (Å²) in [4.78, 5) is 28.9. The lowest BCUT2D eigenvalue weighted by molar-refractivity contribution is -0.144. The summed E-state index contributed by atoms with van der Waals surface area (Å²) in [5.41, 5.74) is 6.66. The number of carbonyl (C=O) groups excluding carboxylic acids is 1. The average molecular weight is 307 g/mol. The standard InChI is InChI=1S/C14H21N5O3/c1-2-3-4-6-12(20)21-7-5-8-22-19-10-17-11-9-16-14(15)18-13(11)19/h9-10H,2-8H2,1H3,(H2,15,16,18). The number of nitrogens with zero attached hydrogens (tertiary/aromatic N) is 4. The van der Waals surface area contributed by atoms with Gasteiger partial charge in [0.2, 0.25) is 11.6 Å². The molecule has 8 nitrogen and oxygen atoms in total. The Hall–Kier alpha value is -2.38. The molecular weight excluding hydrogens is 286 g/mol. The van der Waals surface area contributed by atoms with Crippen molar-refractivity contribution in [1.29, 1.82) is 0 Å². The van der Waals surface area contributed by atoms with E-state index in [9.17, 15) is 4.79 Å². The molecule has 0 unspecified atom stereocenters. The van der Waals surface area contributed by atoms with Gasteiger partial charge in [-0.3, -0.25) is 4.79 Å². The van der Waals surface area contributed by atoms with Gasteiger partial charge in [-0.05, 0) is 6.42 Å². The van der Waals surface area contributed by atoms with Crippen LogP contribution in [0.4, 0.5) is 5.95 Å². The third kappa shape index (κ3) is 4.57. The van der Waals surface area contributed by atoms with Crippen LogP contribution in [-0.2, 0) is 9.53 Å². The molecule has 8 heteroatoms. The highest BCUT2D eigenvalue weighted by Gasteiger charge is 2.06. The molecule has 0 aliphatic carbocycles. The normalized spacial score (nSPS) is 10.8. The van der Waals surface area contributed by atoms with Gasteiger partial charge in [0.05, 0.1) is 12.8 Å². The molecule has 2 rings (SSSR count). The van der Waals surface area contributed by atoms with Crippen LogP contribution in [0.5, 0.6) is 0 Å². The average Bonchev–Trinajstić information content (AvgIpc) is 2.89. The van der Waals surface area contributed by atoms with Gasteiger partial charge in [-0.15, -0.1) is 0 Å². The molecule has 0 spiro atoms. The molecule has 2 aromatic rings. The Kier molecular flexibility index (Phi) is 5.93. The zero-order valence-corrected chi connectivity index (χ0v) is 12.7. The number of carbonyl (C=O) groups is 1. The number of hydrogen-bond donors (Lipinski definition) is 1. The number of rotatable bonds is 9. The van der Waals surface area contributed by atoms with Gasteiger partial charge in [0, 0.05) is 12.8 Å². The monoisotopic (exact) mass is 307 g/mol. The van der Waals surface area contributed by atoms with E-state index in [1.54, 1.807) is 0 Å². The highest BCUT2D eigenvalue weighted by Crippen LogP contribution is 2.08. The Morgan fingerprint density at radius 3 is 2.95 bits per heavy atom. The smallest absolute Gasteiger partial charge is 0.305 e. The number of hydrogen-bond acceptors (Lipinski definition) is 7. The second-order valence-electron chi connectivity index (χ2n) is 4.87. The number of nitrogens with two attached hydrogens (primary N) is 1. The van der Waals surface area contributed by atoms with E-state index < -0.39 is 0 Å². The minimum absolute atomic E-state index is 0.151. The lowest BCUT2D eigenvalue weighted by Gasteiger charge is -2.07. The number of anilines is 1. The molecule has 0 aliphatic rings. The van der Waals surface area contributed by atoms with E-state index >= 15 is 0 Å². The molecule has 2 N–H and O–H groups in total. The topological polar surface area (TPSA) is 105 Å². The van der Waals surface area contributed by atoms with Gasteiger partial charge in [0.1, 0.15) is 18.5 Å². The zero-order chi connectivity index (χ0) is 15.8. The molecule has 0 amide bonds. The Labute approximate surface area is 128 Å². The Bertz CT molecular complexity index is 614. The Morgan fingerprint density at radius 1 is 1.27 bits per heavy atom. The second kappa shape index (κ2) is 8.16. The maximum absolute atomic E-state index is 11.4. The number of aromatic nitrogens is 4. The van der Waals surface area contributed by atoms with Crippen molar-refractivity contribution in [2.75, 3.05) is 18.9 Å². The highest BCUT2D eigenvalue weighted by atomic mass is 16.7. The summed E-state index contributed by atoms with van der Waals surface area (Å²) in [5, 5.41) is 0. The van der Waals surface area contributed by atoms with E-state index in [-0.39, 0.29) is 11.9 Å². The molecule has 0 fully saturated rings. The fraction of sp³-hybridized carbons (Fsp3) is 0.571. The van der Waals surface area contributed by atoms with Gasteiger partial charge < -0.3 is 15.3 Å². The fourth-order valence-corrected chi connectivity index (χ4v) is 1.90. The molecule has 2 aromatic heterocycles. The van der Waals surface area contributed by atoms with E-state index in [0.29, 0.717) is 37.2 Å². The SMILES string of the molecule is CCCCCC(=O)OCCCOn1cnc2cnc(N)nc21. The van der Waals surface area contributed by atoms with Crippen molar-refractivity contribution >= 4 is 23.1 Å². The number of nitrogen functional groups attached to an aromatic ring is 1. The summed E-state index contributed by atoms with van der Waals surface area (Å²) < 4.78 is 6.57. The van der Waals surface area contributed by atoms with Crippen molar-refractivity contribution in [2.24, 2.45) is 0 Å². The summed E-state index contributed by atoms with van der Waals surface area (Å²) >= 11 is 0. The van der Waals surface area contributed by atoms with E-state index in [1.165, 1.54) is 17.3 Å². The predicted octanol–water partition coefficient (Wildman–Crippen LogP) is 1.35. The van der Waals surface area contributed by atoms with Crippen molar-refractivity contribution in [1.82, 2.24) is 19.7 Å². The van der Waals surface area contributed by atoms with Crippen LogP contribution in [-0.4, -0.2) is 38.9 Å². The van der Waals surface area contributed by atoms with Gasteiger partial charge in [0.25, 0.3) is 0 Å². The van der Waals surface area contributed by atoms with E-state index in [4.69, 9.17) is 15.3 Å². The van der Waals surface area contributed by atoms with Crippen LogP contribution in [0.1, 0.15) is 39.0 Å². The number of imidazole rings is 1. The van der Waals surface area contributed by atoms with E-state index in [0.717, 1.165) is 19.3 Å². The third-order valence-corrected chi connectivity index (χ3v) is 3.05. The van der Waals surface area contributed by atoms with Crippen LogP contribution < -0.4 is 10.6 Å². The molecule has 0 radical (unpaired) electrons. The first-order valence-corrected chi connectivity index (χ1v) is 7.45. The maximum Gasteiger partial charge on any atom is 0.305 e. The molecule has 0 saturated carbocycles. The van der Waals surface area contributed by atoms with Crippen LogP contribution in [0, 0.1) is 0 Å². The van der Waals surface area contributed by atoms with Crippen molar-refractivity contribution in [3.63, 3.8) is 0 Å². The first-order valence-electron chi connectivity index (χ1n) is 7.45. The van der Waals surface area contributed by atoms with Crippen molar-refractivity contribution in [3.8, 4) is 0 Å². The summed E-state index contributed by atoms with van der Waals surface area (Å²) in [7, 11) is 0. The number of fused-ring (bicyclic) bond motifs is 1. The van der Waals surface area contributed by atoms with Crippen molar-refractivity contribution in [3.05, 3.63) is 12.5 Å². The summed E-state index contributed by atoms with van der Waals surface area (Å²) in [6, 6.07) is 0. The number of unbranched alkanes of at least 4 members (excludes halogenated alkanes) is 2. The first-order chi connectivity index (χ1) is 10.7. The summed E-state index contributed by atoms with van der Waals surface area (Å²) in [6.45, 7) is 2.83. The lowest BCUT2D eigenvalue weighted by atomic mass is 10.2. The highest BCUT2D eigenvalue weighted by molar-refractivity contribution is 5.70. The minimum Gasteiger partial charge on any atom is -0.466 e. The number of esters is 1. The predicted molar refractivity (Wildman–Crippen MR) is 80.9 cm³/mol. The molecule has 120 valence electrons. The van der Waals surface area contributed by atoms with E-state index in [1.807, 2.05) is 0 Å².